The summed E-state index contributed by atoms with van der Waals surface area (Å²) in [6.45, 7) is 7.52. The maximum absolute atomic E-state index is 4.60. The van der Waals surface area contributed by atoms with Gasteiger partial charge in [0.15, 0.2) is 0 Å². The molecule has 2 aliphatic rings. The van der Waals surface area contributed by atoms with Gasteiger partial charge in [0.2, 0.25) is 0 Å². The molecule has 0 saturated heterocycles. The summed E-state index contributed by atoms with van der Waals surface area (Å²) in [6, 6.07) is 2.26. The van der Waals surface area contributed by atoms with Crippen LogP contribution in [0.4, 0.5) is 0 Å². The lowest BCUT2D eigenvalue weighted by molar-refractivity contribution is 0.399. The van der Waals surface area contributed by atoms with E-state index in [0.29, 0.717) is 5.41 Å². The van der Waals surface area contributed by atoms with Crippen molar-refractivity contribution in [3.8, 4) is 0 Å². The van der Waals surface area contributed by atoms with Crippen molar-refractivity contribution in [2.75, 3.05) is 6.54 Å². The SMILES string of the molecule is CCc1cc(CNCC2(C3CC3)CC2)n(CC)n1. The van der Waals surface area contributed by atoms with Gasteiger partial charge in [0.1, 0.15) is 0 Å². The van der Waals surface area contributed by atoms with Gasteiger partial charge in [0.05, 0.1) is 11.4 Å². The number of aromatic nitrogens is 2. The number of hydrogen-bond donors (Lipinski definition) is 1. The molecule has 3 heteroatoms. The summed E-state index contributed by atoms with van der Waals surface area (Å²) in [5.41, 5.74) is 3.27. The Morgan fingerprint density at radius 1 is 1.39 bits per heavy atom. The normalized spacial score (nSPS) is 21.2. The summed E-state index contributed by atoms with van der Waals surface area (Å²) in [5, 5.41) is 8.28. The molecule has 2 aliphatic carbocycles. The summed E-state index contributed by atoms with van der Waals surface area (Å²) in [6.07, 6.45) is 6.91. The van der Waals surface area contributed by atoms with Crippen LogP contribution in [0.15, 0.2) is 6.07 Å². The van der Waals surface area contributed by atoms with Gasteiger partial charge < -0.3 is 5.32 Å². The topological polar surface area (TPSA) is 29.9 Å². The van der Waals surface area contributed by atoms with Crippen LogP contribution in [0, 0.1) is 11.3 Å². The van der Waals surface area contributed by atoms with E-state index < -0.39 is 0 Å². The van der Waals surface area contributed by atoms with Gasteiger partial charge in [0.25, 0.3) is 0 Å². The zero-order valence-corrected chi connectivity index (χ0v) is 11.7. The molecule has 1 N–H and O–H groups in total. The molecule has 0 aliphatic heterocycles. The molecule has 1 aromatic rings. The van der Waals surface area contributed by atoms with Crippen molar-refractivity contribution in [3.05, 3.63) is 17.5 Å². The van der Waals surface area contributed by atoms with Crippen LogP contribution in [0.5, 0.6) is 0 Å². The van der Waals surface area contributed by atoms with E-state index >= 15 is 0 Å². The first-order valence-corrected chi connectivity index (χ1v) is 7.54. The van der Waals surface area contributed by atoms with Crippen LogP contribution in [-0.4, -0.2) is 16.3 Å². The molecule has 18 heavy (non-hydrogen) atoms. The number of rotatable bonds is 7. The molecule has 0 aromatic carbocycles. The third-order valence-corrected chi connectivity index (χ3v) is 4.69. The highest BCUT2D eigenvalue weighted by Gasteiger charge is 2.53. The summed E-state index contributed by atoms with van der Waals surface area (Å²) in [7, 11) is 0. The first kappa shape index (κ1) is 12.2. The minimum absolute atomic E-state index is 0.699. The van der Waals surface area contributed by atoms with Gasteiger partial charge in [-0.2, -0.15) is 5.10 Å². The first-order valence-electron chi connectivity index (χ1n) is 7.54. The highest BCUT2D eigenvalue weighted by Crippen LogP contribution is 2.60. The van der Waals surface area contributed by atoms with Crippen molar-refractivity contribution in [2.45, 2.75) is 59.0 Å². The summed E-state index contributed by atoms with van der Waals surface area (Å²) in [4.78, 5) is 0. The van der Waals surface area contributed by atoms with Crippen LogP contribution in [0.1, 0.15) is 50.9 Å². The Morgan fingerprint density at radius 3 is 2.72 bits per heavy atom. The minimum atomic E-state index is 0.699. The van der Waals surface area contributed by atoms with Gasteiger partial charge in [0, 0.05) is 19.6 Å². The smallest absolute Gasteiger partial charge is 0.0625 e. The molecule has 100 valence electrons. The molecule has 2 fully saturated rings. The number of aryl methyl sites for hydroxylation is 2. The van der Waals surface area contributed by atoms with Crippen molar-refractivity contribution in [1.29, 1.82) is 0 Å². The largest absolute Gasteiger partial charge is 0.311 e. The molecule has 3 nitrogen and oxygen atoms in total. The van der Waals surface area contributed by atoms with Gasteiger partial charge in [-0.05, 0) is 56.4 Å². The van der Waals surface area contributed by atoms with E-state index in [1.54, 1.807) is 0 Å². The van der Waals surface area contributed by atoms with E-state index in [9.17, 15) is 0 Å². The summed E-state index contributed by atoms with van der Waals surface area (Å²) in [5.74, 6) is 1.05. The van der Waals surface area contributed by atoms with Gasteiger partial charge >= 0.3 is 0 Å². The Balaban J connectivity index is 1.54. The maximum Gasteiger partial charge on any atom is 0.0625 e. The Hall–Kier alpha value is -0.830. The first-order chi connectivity index (χ1) is 8.77. The molecule has 1 aromatic heterocycles. The van der Waals surface area contributed by atoms with Crippen LogP contribution >= 0.6 is 0 Å². The summed E-state index contributed by atoms with van der Waals surface area (Å²) < 4.78 is 2.14. The van der Waals surface area contributed by atoms with Gasteiger partial charge in [-0.1, -0.05) is 6.92 Å². The average Bonchev–Trinajstić information content (AvgIpc) is 3.26. The average molecular weight is 247 g/mol. The van der Waals surface area contributed by atoms with E-state index in [4.69, 9.17) is 0 Å². The summed E-state index contributed by atoms with van der Waals surface area (Å²) >= 11 is 0. The Kier molecular flexibility index (Phi) is 3.18. The molecular weight excluding hydrogens is 222 g/mol. The van der Waals surface area contributed by atoms with Crippen molar-refractivity contribution in [3.63, 3.8) is 0 Å². The van der Waals surface area contributed by atoms with E-state index in [-0.39, 0.29) is 0 Å². The molecule has 1 heterocycles. The van der Waals surface area contributed by atoms with Crippen LogP contribution in [0.3, 0.4) is 0 Å². The van der Waals surface area contributed by atoms with E-state index in [1.807, 2.05) is 0 Å². The second-order valence-electron chi connectivity index (χ2n) is 6.04. The lowest BCUT2D eigenvalue weighted by atomic mass is 10.0. The molecule has 0 spiro atoms. The van der Waals surface area contributed by atoms with Crippen molar-refractivity contribution >= 4 is 0 Å². The number of nitrogens with one attached hydrogen (secondary N) is 1. The van der Waals surface area contributed by atoms with Crippen LogP contribution in [-0.2, 0) is 19.5 Å². The Bertz CT molecular complexity index is 413. The van der Waals surface area contributed by atoms with E-state index in [2.05, 4.69) is 35.0 Å². The molecule has 0 radical (unpaired) electrons. The highest BCUT2D eigenvalue weighted by molar-refractivity contribution is 5.11. The molecule has 0 unspecified atom stereocenters. The lowest BCUT2D eigenvalue weighted by Crippen LogP contribution is -2.26. The number of hydrogen-bond acceptors (Lipinski definition) is 2. The number of nitrogens with zero attached hydrogens (tertiary/aromatic N) is 2. The molecule has 0 atom stereocenters. The van der Waals surface area contributed by atoms with Crippen LogP contribution in [0.2, 0.25) is 0 Å². The van der Waals surface area contributed by atoms with Crippen LogP contribution < -0.4 is 5.32 Å². The van der Waals surface area contributed by atoms with Gasteiger partial charge in [-0.25, -0.2) is 0 Å². The third kappa shape index (κ3) is 2.33. The van der Waals surface area contributed by atoms with E-state index in [1.165, 1.54) is 43.6 Å². The fourth-order valence-electron chi connectivity index (χ4n) is 3.13. The highest BCUT2D eigenvalue weighted by atomic mass is 15.3. The van der Waals surface area contributed by atoms with Crippen molar-refractivity contribution in [2.24, 2.45) is 11.3 Å². The second-order valence-corrected chi connectivity index (χ2v) is 6.04. The fourth-order valence-corrected chi connectivity index (χ4v) is 3.13. The zero-order valence-electron chi connectivity index (χ0n) is 11.7. The van der Waals surface area contributed by atoms with Gasteiger partial charge in [-0.3, -0.25) is 4.68 Å². The zero-order chi connectivity index (χ0) is 12.6. The Morgan fingerprint density at radius 2 is 2.17 bits per heavy atom. The molecule has 0 bridgehead atoms. The second kappa shape index (κ2) is 4.69. The van der Waals surface area contributed by atoms with Gasteiger partial charge in [-0.15, -0.1) is 0 Å². The molecule has 0 amide bonds. The standard InChI is InChI=1S/C15H25N3/c1-3-13-9-14(18(4-2)17-13)10-16-11-15(7-8-15)12-5-6-12/h9,12,16H,3-8,10-11H2,1-2H3. The fraction of sp³-hybridized carbons (Fsp3) is 0.800. The van der Waals surface area contributed by atoms with Crippen LogP contribution in [0.25, 0.3) is 0 Å². The third-order valence-electron chi connectivity index (χ3n) is 4.69. The molecule has 3 rings (SSSR count). The quantitative estimate of drug-likeness (QED) is 0.803. The molecule has 2 saturated carbocycles. The lowest BCUT2D eigenvalue weighted by Gasteiger charge is -2.15. The predicted octanol–water partition coefficient (Wildman–Crippen LogP) is 2.75. The van der Waals surface area contributed by atoms with Crippen molar-refractivity contribution < 1.29 is 0 Å². The molecular formula is C15H25N3. The monoisotopic (exact) mass is 247 g/mol. The maximum atomic E-state index is 4.60. The van der Waals surface area contributed by atoms with E-state index in [0.717, 1.165) is 25.4 Å². The Labute approximate surface area is 110 Å². The van der Waals surface area contributed by atoms with Crippen molar-refractivity contribution in [1.82, 2.24) is 15.1 Å². The predicted molar refractivity (Wildman–Crippen MR) is 73.4 cm³/mol. The minimum Gasteiger partial charge on any atom is -0.311 e.